The molecule has 1 rings (SSSR count). The Kier molecular flexibility index (Phi) is 6.23. The van der Waals surface area contributed by atoms with Crippen molar-refractivity contribution in [3.05, 3.63) is 23.8 Å². The normalized spacial score (nSPS) is 11.5. The standard InChI is InChI=1S/C12H20N2O4S/c1-17-8-7-14-19(15,16)12-4-3-11(18-2)9-10(12)5-6-13/h3-4,9,14H,5-8,13H2,1-2H3. The fraction of sp³-hybridized carbons (Fsp3) is 0.500. The van der Waals surface area contributed by atoms with Gasteiger partial charge < -0.3 is 15.2 Å². The highest BCUT2D eigenvalue weighted by atomic mass is 32.2. The SMILES string of the molecule is COCCNS(=O)(=O)c1ccc(OC)cc1CCN. The molecule has 0 aliphatic carbocycles. The molecule has 0 bridgehead atoms. The van der Waals surface area contributed by atoms with Crippen LogP contribution >= 0.6 is 0 Å². The van der Waals surface area contributed by atoms with Gasteiger partial charge in [0.15, 0.2) is 0 Å². The first-order valence-electron chi connectivity index (χ1n) is 5.90. The minimum Gasteiger partial charge on any atom is -0.497 e. The first-order valence-corrected chi connectivity index (χ1v) is 7.39. The minimum atomic E-state index is -3.55. The zero-order valence-electron chi connectivity index (χ0n) is 11.2. The lowest BCUT2D eigenvalue weighted by atomic mass is 10.1. The van der Waals surface area contributed by atoms with Crippen molar-refractivity contribution in [1.82, 2.24) is 4.72 Å². The van der Waals surface area contributed by atoms with E-state index in [0.717, 1.165) is 0 Å². The monoisotopic (exact) mass is 288 g/mol. The second-order valence-corrected chi connectivity index (χ2v) is 5.64. The largest absolute Gasteiger partial charge is 0.497 e. The van der Waals surface area contributed by atoms with Crippen molar-refractivity contribution in [1.29, 1.82) is 0 Å². The highest BCUT2D eigenvalue weighted by molar-refractivity contribution is 7.89. The number of nitrogens with two attached hydrogens (primary N) is 1. The van der Waals surface area contributed by atoms with Crippen LogP contribution in [0, 0.1) is 0 Å². The van der Waals surface area contributed by atoms with Gasteiger partial charge in [-0.2, -0.15) is 0 Å². The molecule has 108 valence electrons. The quantitative estimate of drug-likeness (QED) is 0.663. The third-order valence-corrected chi connectivity index (χ3v) is 4.13. The molecular weight excluding hydrogens is 268 g/mol. The van der Waals surface area contributed by atoms with Crippen molar-refractivity contribution in [2.45, 2.75) is 11.3 Å². The number of ether oxygens (including phenoxy) is 2. The van der Waals surface area contributed by atoms with E-state index in [0.29, 0.717) is 30.9 Å². The van der Waals surface area contributed by atoms with Crippen LogP contribution < -0.4 is 15.2 Å². The highest BCUT2D eigenvalue weighted by Gasteiger charge is 2.18. The lowest BCUT2D eigenvalue weighted by Gasteiger charge is -2.12. The van der Waals surface area contributed by atoms with Gasteiger partial charge in [0, 0.05) is 13.7 Å². The molecule has 0 aliphatic rings. The van der Waals surface area contributed by atoms with Gasteiger partial charge in [0.05, 0.1) is 18.6 Å². The smallest absolute Gasteiger partial charge is 0.240 e. The predicted octanol–water partition coefficient (Wildman–Crippen LogP) is 0.121. The van der Waals surface area contributed by atoms with E-state index in [2.05, 4.69) is 4.72 Å². The first-order chi connectivity index (χ1) is 9.05. The van der Waals surface area contributed by atoms with Crippen molar-refractivity contribution in [3.63, 3.8) is 0 Å². The maximum Gasteiger partial charge on any atom is 0.240 e. The first kappa shape index (κ1) is 15.9. The number of sulfonamides is 1. The second kappa shape index (κ2) is 7.44. The van der Waals surface area contributed by atoms with Gasteiger partial charge in [-0.05, 0) is 36.7 Å². The number of benzene rings is 1. The topological polar surface area (TPSA) is 90.6 Å². The van der Waals surface area contributed by atoms with Gasteiger partial charge in [0.2, 0.25) is 10.0 Å². The number of nitrogens with one attached hydrogen (secondary N) is 1. The molecule has 7 heteroatoms. The summed E-state index contributed by atoms with van der Waals surface area (Å²) in [5.41, 5.74) is 6.16. The van der Waals surface area contributed by atoms with Crippen LogP contribution in [0.4, 0.5) is 0 Å². The molecule has 3 N–H and O–H groups in total. The Morgan fingerprint density at radius 2 is 2.05 bits per heavy atom. The molecule has 0 fully saturated rings. The molecule has 1 aromatic carbocycles. The summed E-state index contributed by atoms with van der Waals surface area (Å²) in [5, 5.41) is 0. The summed E-state index contributed by atoms with van der Waals surface area (Å²) in [5.74, 6) is 0.610. The van der Waals surface area contributed by atoms with Gasteiger partial charge >= 0.3 is 0 Å². The van der Waals surface area contributed by atoms with Gasteiger partial charge in [-0.15, -0.1) is 0 Å². The Morgan fingerprint density at radius 1 is 1.32 bits per heavy atom. The zero-order valence-corrected chi connectivity index (χ0v) is 12.0. The van der Waals surface area contributed by atoms with Crippen LogP contribution in [0.25, 0.3) is 0 Å². The average Bonchev–Trinajstić information content (AvgIpc) is 2.39. The van der Waals surface area contributed by atoms with Gasteiger partial charge in [0.1, 0.15) is 5.75 Å². The van der Waals surface area contributed by atoms with E-state index < -0.39 is 10.0 Å². The van der Waals surface area contributed by atoms with Gasteiger partial charge in [-0.1, -0.05) is 0 Å². The van der Waals surface area contributed by atoms with E-state index in [4.69, 9.17) is 15.2 Å². The summed E-state index contributed by atoms with van der Waals surface area (Å²) in [6.07, 6.45) is 0.470. The molecule has 0 unspecified atom stereocenters. The molecule has 1 aromatic rings. The molecule has 0 saturated carbocycles. The highest BCUT2D eigenvalue weighted by Crippen LogP contribution is 2.22. The van der Waals surface area contributed by atoms with Crippen LogP contribution in [0.5, 0.6) is 5.75 Å². The molecule has 6 nitrogen and oxygen atoms in total. The average molecular weight is 288 g/mol. The van der Waals surface area contributed by atoms with Crippen molar-refractivity contribution >= 4 is 10.0 Å². The van der Waals surface area contributed by atoms with Crippen molar-refractivity contribution < 1.29 is 17.9 Å². The van der Waals surface area contributed by atoms with Crippen LogP contribution in [-0.4, -0.2) is 42.3 Å². The minimum absolute atomic E-state index is 0.229. The molecular formula is C12H20N2O4S. The van der Waals surface area contributed by atoms with Crippen LogP contribution in [0.2, 0.25) is 0 Å². The van der Waals surface area contributed by atoms with Gasteiger partial charge in [-0.25, -0.2) is 13.1 Å². The maximum atomic E-state index is 12.2. The molecule has 0 aliphatic heterocycles. The van der Waals surface area contributed by atoms with E-state index in [1.165, 1.54) is 20.3 Å². The Hall–Kier alpha value is -1.15. The maximum absolute atomic E-state index is 12.2. The Labute approximate surface area is 113 Å². The lowest BCUT2D eigenvalue weighted by Crippen LogP contribution is -2.28. The Morgan fingerprint density at radius 3 is 2.63 bits per heavy atom. The predicted molar refractivity (Wildman–Crippen MR) is 72.8 cm³/mol. The van der Waals surface area contributed by atoms with E-state index in [1.54, 1.807) is 12.1 Å². The van der Waals surface area contributed by atoms with Crippen LogP contribution in [0.3, 0.4) is 0 Å². The Bertz CT molecular complexity index is 502. The van der Waals surface area contributed by atoms with E-state index in [1.807, 2.05) is 0 Å². The molecule has 19 heavy (non-hydrogen) atoms. The van der Waals surface area contributed by atoms with Gasteiger partial charge in [0.25, 0.3) is 0 Å². The molecule has 0 aromatic heterocycles. The summed E-state index contributed by atoms with van der Waals surface area (Å²) in [6, 6.07) is 4.83. The van der Waals surface area contributed by atoms with Gasteiger partial charge in [-0.3, -0.25) is 0 Å². The number of methoxy groups -OCH3 is 2. The summed E-state index contributed by atoms with van der Waals surface area (Å²) >= 11 is 0. The molecule has 0 atom stereocenters. The Balaban J connectivity index is 3.03. The number of hydrogen-bond donors (Lipinski definition) is 2. The van der Waals surface area contributed by atoms with Crippen molar-refractivity contribution in [2.75, 3.05) is 33.9 Å². The van der Waals surface area contributed by atoms with E-state index in [9.17, 15) is 8.42 Å². The third-order valence-electron chi connectivity index (χ3n) is 2.57. The summed E-state index contributed by atoms with van der Waals surface area (Å²) in [4.78, 5) is 0.231. The number of hydrogen-bond acceptors (Lipinski definition) is 5. The molecule has 0 radical (unpaired) electrons. The van der Waals surface area contributed by atoms with Crippen LogP contribution in [0.15, 0.2) is 23.1 Å². The fourth-order valence-electron chi connectivity index (χ4n) is 1.65. The van der Waals surface area contributed by atoms with E-state index >= 15 is 0 Å². The summed E-state index contributed by atoms with van der Waals surface area (Å²) in [6.45, 7) is 0.919. The van der Waals surface area contributed by atoms with E-state index in [-0.39, 0.29) is 11.4 Å². The van der Waals surface area contributed by atoms with Crippen LogP contribution in [-0.2, 0) is 21.2 Å². The molecule has 0 spiro atoms. The second-order valence-electron chi connectivity index (χ2n) is 3.90. The van der Waals surface area contributed by atoms with Crippen LogP contribution in [0.1, 0.15) is 5.56 Å². The number of rotatable bonds is 8. The molecule has 0 heterocycles. The molecule has 0 amide bonds. The fourth-order valence-corrected chi connectivity index (χ4v) is 2.91. The van der Waals surface area contributed by atoms with Crippen molar-refractivity contribution in [2.24, 2.45) is 5.73 Å². The zero-order chi connectivity index (χ0) is 14.3. The van der Waals surface area contributed by atoms with Crippen molar-refractivity contribution in [3.8, 4) is 5.75 Å². The lowest BCUT2D eigenvalue weighted by molar-refractivity contribution is 0.204. The third kappa shape index (κ3) is 4.46. The molecule has 0 saturated heterocycles. The summed E-state index contributed by atoms with van der Waals surface area (Å²) in [7, 11) is -0.502. The summed E-state index contributed by atoms with van der Waals surface area (Å²) < 4.78 is 36.7.